The van der Waals surface area contributed by atoms with Gasteiger partial charge in [0.05, 0.1) is 13.1 Å². The monoisotopic (exact) mass is 298 g/mol. The van der Waals surface area contributed by atoms with E-state index in [0.717, 1.165) is 12.8 Å². The van der Waals surface area contributed by atoms with E-state index in [2.05, 4.69) is 5.32 Å². The molecule has 6 heteroatoms. The Labute approximate surface area is 123 Å². The van der Waals surface area contributed by atoms with Gasteiger partial charge in [-0.15, -0.1) is 11.3 Å². The fraction of sp³-hybridized carbons (Fsp3) is 0.571. The molecule has 0 spiro atoms. The fourth-order valence-electron chi connectivity index (χ4n) is 1.82. The van der Waals surface area contributed by atoms with E-state index in [9.17, 15) is 9.59 Å². The molecule has 5 nitrogen and oxygen atoms in total. The molecular weight excluding hydrogens is 276 g/mol. The topological polar surface area (TPSA) is 69.6 Å². The second kappa shape index (κ2) is 8.71. The minimum atomic E-state index is -0.906. The Balaban J connectivity index is 2.35. The molecule has 0 radical (unpaired) electrons. The van der Waals surface area contributed by atoms with Crippen LogP contribution in [0.2, 0.25) is 0 Å². The number of amides is 1. The minimum absolute atomic E-state index is 0.0779. The van der Waals surface area contributed by atoms with Crippen LogP contribution in [0.3, 0.4) is 0 Å². The van der Waals surface area contributed by atoms with E-state index in [1.807, 2.05) is 31.4 Å². The minimum Gasteiger partial charge on any atom is -0.480 e. The predicted octanol–water partition coefficient (Wildman–Crippen LogP) is 1.59. The maximum absolute atomic E-state index is 11.8. The third-order valence-electron chi connectivity index (χ3n) is 3.17. The second-order valence-corrected chi connectivity index (χ2v) is 5.77. The van der Waals surface area contributed by atoms with Crippen LogP contribution in [-0.4, -0.2) is 47.6 Å². The molecule has 1 heterocycles. The van der Waals surface area contributed by atoms with Crippen molar-refractivity contribution in [2.45, 2.75) is 32.7 Å². The van der Waals surface area contributed by atoms with Gasteiger partial charge in [0.25, 0.3) is 0 Å². The smallest absolute Gasteiger partial charge is 0.317 e. The summed E-state index contributed by atoms with van der Waals surface area (Å²) >= 11 is 1.67. The zero-order valence-corrected chi connectivity index (χ0v) is 12.8. The highest BCUT2D eigenvalue weighted by atomic mass is 32.1. The number of rotatable bonds is 9. The molecule has 1 aromatic rings. The Hall–Kier alpha value is -1.40. The molecule has 0 bridgehead atoms. The normalized spacial score (nSPS) is 12.3. The number of carboxylic acid groups (broad SMARTS) is 1. The molecule has 1 rings (SSSR count). The van der Waals surface area contributed by atoms with Crippen molar-refractivity contribution in [2.75, 3.05) is 19.6 Å². The molecule has 112 valence electrons. The summed E-state index contributed by atoms with van der Waals surface area (Å²) in [6.07, 6.45) is 1.63. The number of hydrogen-bond acceptors (Lipinski definition) is 4. The van der Waals surface area contributed by atoms with Crippen LogP contribution in [0.25, 0.3) is 0 Å². The van der Waals surface area contributed by atoms with E-state index < -0.39 is 5.97 Å². The number of carbonyl (C=O) groups excluding carboxylic acids is 1. The molecule has 1 amide bonds. The van der Waals surface area contributed by atoms with Crippen LogP contribution in [0.5, 0.6) is 0 Å². The van der Waals surface area contributed by atoms with Crippen molar-refractivity contribution >= 4 is 23.2 Å². The molecule has 2 N–H and O–H groups in total. The van der Waals surface area contributed by atoms with Crippen LogP contribution in [-0.2, 0) is 16.0 Å². The van der Waals surface area contributed by atoms with Crippen molar-refractivity contribution in [1.29, 1.82) is 0 Å². The zero-order valence-electron chi connectivity index (χ0n) is 12.0. The molecule has 0 saturated carbocycles. The van der Waals surface area contributed by atoms with Gasteiger partial charge in [-0.3, -0.25) is 14.5 Å². The average molecular weight is 298 g/mol. The summed E-state index contributed by atoms with van der Waals surface area (Å²) in [6, 6.07) is 4.10. The maximum Gasteiger partial charge on any atom is 0.317 e. The Bertz CT molecular complexity index is 420. The maximum atomic E-state index is 11.8. The van der Waals surface area contributed by atoms with Crippen LogP contribution in [0, 0.1) is 0 Å². The Morgan fingerprint density at radius 2 is 2.20 bits per heavy atom. The summed E-state index contributed by atoms with van der Waals surface area (Å²) in [6.45, 7) is 4.52. The average Bonchev–Trinajstić information content (AvgIpc) is 2.89. The van der Waals surface area contributed by atoms with Crippen LogP contribution in [0.4, 0.5) is 0 Å². The standard InChI is InChI=1S/C14H22N2O3S/c1-3-11(2)16(10-14(18)19)9-13(17)15-7-6-12-5-4-8-20-12/h4-5,8,11H,3,6-7,9-10H2,1-2H3,(H,15,17)(H,18,19). The highest BCUT2D eigenvalue weighted by Gasteiger charge is 2.18. The molecule has 0 aliphatic heterocycles. The van der Waals surface area contributed by atoms with Gasteiger partial charge >= 0.3 is 5.97 Å². The molecule has 1 aromatic heterocycles. The summed E-state index contributed by atoms with van der Waals surface area (Å²) in [5.74, 6) is -1.03. The van der Waals surface area contributed by atoms with E-state index >= 15 is 0 Å². The largest absolute Gasteiger partial charge is 0.480 e. The number of hydrogen-bond donors (Lipinski definition) is 2. The number of carbonyl (C=O) groups is 2. The number of nitrogens with zero attached hydrogens (tertiary/aromatic N) is 1. The van der Waals surface area contributed by atoms with Crippen molar-refractivity contribution < 1.29 is 14.7 Å². The van der Waals surface area contributed by atoms with Gasteiger partial charge in [0, 0.05) is 17.5 Å². The lowest BCUT2D eigenvalue weighted by Gasteiger charge is -2.25. The molecule has 0 aromatic carbocycles. The van der Waals surface area contributed by atoms with E-state index in [1.54, 1.807) is 16.2 Å². The van der Waals surface area contributed by atoms with E-state index in [4.69, 9.17) is 5.11 Å². The predicted molar refractivity (Wildman–Crippen MR) is 80.0 cm³/mol. The quantitative estimate of drug-likeness (QED) is 0.726. The summed E-state index contributed by atoms with van der Waals surface area (Å²) < 4.78 is 0. The number of aliphatic carboxylic acids is 1. The van der Waals surface area contributed by atoms with Gasteiger partial charge in [-0.1, -0.05) is 13.0 Å². The lowest BCUT2D eigenvalue weighted by atomic mass is 10.2. The summed E-state index contributed by atoms with van der Waals surface area (Å²) in [5.41, 5.74) is 0. The summed E-state index contributed by atoms with van der Waals surface area (Å²) in [7, 11) is 0. The van der Waals surface area contributed by atoms with Gasteiger partial charge in [0.2, 0.25) is 5.91 Å². The van der Waals surface area contributed by atoms with E-state index in [1.165, 1.54) is 4.88 Å². The van der Waals surface area contributed by atoms with Gasteiger partial charge in [0.1, 0.15) is 0 Å². The first-order chi connectivity index (χ1) is 9.52. The Morgan fingerprint density at radius 1 is 1.45 bits per heavy atom. The van der Waals surface area contributed by atoms with Gasteiger partial charge in [-0.05, 0) is 31.2 Å². The van der Waals surface area contributed by atoms with Crippen molar-refractivity contribution in [3.63, 3.8) is 0 Å². The van der Waals surface area contributed by atoms with E-state index in [-0.39, 0.29) is 25.0 Å². The SMILES string of the molecule is CCC(C)N(CC(=O)O)CC(=O)NCCc1cccs1. The van der Waals surface area contributed by atoms with E-state index in [0.29, 0.717) is 6.54 Å². The van der Waals surface area contributed by atoms with Crippen LogP contribution < -0.4 is 5.32 Å². The molecular formula is C14H22N2O3S. The van der Waals surface area contributed by atoms with Crippen molar-refractivity contribution in [1.82, 2.24) is 10.2 Å². The first-order valence-corrected chi connectivity index (χ1v) is 7.65. The number of carboxylic acids is 1. The van der Waals surface area contributed by atoms with Gasteiger partial charge in [-0.2, -0.15) is 0 Å². The van der Waals surface area contributed by atoms with Crippen molar-refractivity contribution in [3.8, 4) is 0 Å². The lowest BCUT2D eigenvalue weighted by Crippen LogP contribution is -2.44. The lowest BCUT2D eigenvalue weighted by molar-refractivity contribution is -0.139. The van der Waals surface area contributed by atoms with Crippen LogP contribution in [0.1, 0.15) is 25.1 Å². The summed E-state index contributed by atoms with van der Waals surface area (Å²) in [5, 5.41) is 13.7. The van der Waals surface area contributed by atoms with Crippen molar-refractivity contribution in [3.05, 3.63) is 22.4 Å². The molecule has 1 unspecified atom stereocenters. The van der Waals surface area contributed by atoms with Crippen LogP contribution in [0.15, 0.2) is 17.5 Å². The van der Waals surface area contributed by atoms with Gasteiger partial charge < -0.3 is 10.4 Å². The molecule has 0 aliphatic carbocycles. The fourth-order valence-corrected chi connectivity index (χ4v) is 2.53. The highest BCUT2D eigenvalue weighted by Crippen LogP contribution is 2.08. The summed E-state index contributed by atoms with van der Waals surface area (Å²) in [4.78, 5) is 25.6. The Kier molecular flexibility index (Phi) is 7.25. The Morgan fingerprint density at radius 3 is 2.75 bits per heavy atom. The molecule has 1 atom stereocenters. The number of thiophene rings is 1. The molecule has 0 saturated heterocycles. The third-order valence-corrected chi connectivity index (χ3v) is 4.11. The third kappa shape index (κ3) is 6.16. The zero-order chi connectivity index (χ0) is 15.0. The highest BCUT2D eigenvalue weighted by molar-refractivity contribution is 7.09. The van der Waals surface area contributed by atoms with Gasteiger partial charge in [-0.25, -0.2) is 0 Å². The van der Waals surface area contributed by atoms with Gasteiger partial charge in [0.15, 0.2) is 0 Å². The molecule has 20 heavy (non-hydrogen) atoms. The van der Waals surface area contributed by atoms with Crippen molar-refractivity contribution in [2.24, 2.45) is 0 Å². The first kappa shape index (κ1) is 16.7. The molecule has 0 aliphatic rings. The first-order valence-electron chi connectivity index (χ1n) is 6.77. The second-order valence-electron chi connectivity index (χ2n) is 4.74. The molecule has 0 fully saturated rings. The van der Waals surface area contributed by atoms with Crippen LogP contribution >= 0.6 is 11.3 Å². The number of nitrogens with one attached hydrogen (secondary N) is 1.